The number of nitrogens with one attached hydrogen (secondary N) is 3. The normalized spacial score (nSPS) is 11.1. The van der Waals surface area contributed by atoms with E-state index in [1.54, 1.807) is 16.8 Å². The van der Waals surface area contributed by atoms with Crippen molar-refractivity contribution < 1.29 is 14.4 Å². The van der Waals surface area contributed by atoms with Crippen molar-refractivity contribution >= 4 is 28.8 Å². The lowest BCUT2D eigenvalue weighted by Gasteiger charge is -2.13. The van der Waals surface area contributed by atoms with Crippen molar-refractivity contribution in [3.05, 3.63) is 77.5 Å². The van der Waals surface area contributed by atoms with Crippen LogP contribution in [0.25, 0.3) is 5.52 Å². The highest BCUT2D eigenvalue weighted by Gasteiger charge is 2.23. The van der Waals surface area contributed by atoms with E-state index in [-0.39, 0.29) is 17.7 Å². The quantitative estimate of drug-likeness (QED) is 0.320. The third-order valence-electron chi connectivity index (χ3n) is 5.70. The minimum atomic E-state index is -0.342. The van der Waals surface area contributed by atoms with Gasteiger partial charge < -0.3 is 15.2 Å². The molecule has 0 saturated heterocycles. The molecular weight excluding hydrogens is 446 g/mol. The zero-order chi connectivity index (χ0) is 24.9. The van der Waals surface area contributed by atoms with Crippen molar-refractivity contribution in [2.24, 2.45) is 0 Å². The molecule has 4 aromatic rings. The second-order valence-electron chi connectivity index (χ2n) is 8.48. The molecule has 3 aromatic heterocycles. The van der Waals surface area contributed by atoms with Crippen molar-refractivity contribution in [2.75, 3.05) is 19.0 Å². The third kappa shape index (κ3) is 5.17. The van der Waals surface area contributed by atoms with Crippen molar-refractivity contribution in [1.29, 1.82) is 0 Å². The van der Waals surface area contributed by atoms with Crippen LogP contribution in [0.5, 0.6) is 0 Å². The van der Waals surface area contributed by atoms with E-state index in [2.05, 4.69) is 26.2 Å². The van der Waals surface area contributed by atoms with Crippen LogP contribution in [0.1, 0.15) is 51.6 Å². The van der Waals surface area contributed by atoms with Gasteiger partial charge in [0.2, 0.25) is 0 Å². The summed E-state index contributed by atoms with van der Waals surface area (Å²) < 4.78 is 3.67. The highest BCUT2D eigenvalue weighted by Crippen LogP contribution is 2.31. The molecule has 10 heteroatoms. The number of hydrogen-bond acceptors (Lipinski definition) is 6. The number of nitrogens with zero attached hydrogens (tertiary/aromatic N) is 4. The number of anilines is 2. The molecule has 0 aliphatic heterocycles. The molecule has 2 amide bonds. The summed E-state index contributed by atoms with van der Waals surface area (Å²) in [6.07, 6.45) is 7.08. The molecule has 0 aliphatic carbocycles. The Bertz CT molecular complexity index is 1340. The molecule has 0 atom stereocenters. The average Bonchev–Trinajstić information content (AvgIpc) is 3.49. The van der Waals surface area contributed by atoms with E-state index in [1.165, 1.54) is 13.4 Å². The highest BCUT2D eigenvalue weighted by atomic mass is 16.6. The van der Waals surface area contributed by atoms with Crippen molar-refractivity contribution in [3.8, 4) is 0 Å². The van der Waals surface area contributed by atoms with Gasteiger partial charge in [0.25, 0.3) is 11.8 Å². The topological polar surface area (TPSA) is 115 Å². The molecule has 3 heterocycles. The van der Waals surface area contributed by atoms with Gasteiger partial charge in [0.05, 0.1) is 12.7 Å². The summed E-state index contributed by atoms with van der Waals surface area (Å²) in [7, 11) is 1.39. The van der Waals surface area contributed by atoms with Gasteiger partial charge in [-0.3, -0.25) is 14.4 Å². The molecule has 0 fully saturated rings. The summed E-state index contributed by atoms with van der Waals surface area (Å²) in [4.78, 5) is 34.6. The Balaban J connectivity index is 1.65. The third-order valence-corrected chi connectivity index (χ3v) is 5.70. The Morgan fingerprint density at radius 2 is 1.89 bits per heavy atom. The van der Waals surface area contributed by atoms with Crippen molar-refractivity contribution in [3.63, 3.8) is 0 Å². The van der Waals surface area contributed by atoms with Crippen LogP contribution in [0.3, 0.4) is 0 Å². The van der Waals surface area contributed by atoms with Crippen LogP contribution in [0.15, 0.2) is 55.2 Å². The van der Waals surface area contributed by atoms with Crippen LogP contribution >= 0.6 is 0 Å². The van der Waals surface area contributed by atoms with E-state index in [4.69, 9.17) is 4.84 Å². The number of amides is 2. The number of fused-ring (bicyclic) bond motifs is 1. The van der Waals surface area contributed by atoms with Crippen LogP contribution < -0.4 is 16.1 Å². The molecule has 3 N–H and O–H groups in total. The highest BCUT2D eigenvalue weighted by molar-refractivity contribution is 6.00. The van der Waals surface area contributed by atoms with E-state index in [9.17, 15) is 9.59 Å². The molecule has 4 rings (SSSR count). The predicted molar refractivity (Wildman–Crippen MR) is 133 cm³/mol. The molecule has 0 saturated carbocycles. The van der Waals surface area contributed by atoms with Crippen LogP contribution in [0.4, 0.5) is 11.5 Å². The summed E-state index contributed by atoms with van der Waals surface area (Å²) in [6, 6.07) is 9.34. The minimum Gasteiger partial charge on any atom is -0.353 e. The molecule has 0 spiro atoms. The van der Waals surface area contributed by atoms with Gasteiger partial charge in [-0.2, -0.15) is 5.10 Å². The fourth-order valence-corrected chi connectivity index (χ4v) is 4.03. The number of aryl methyl sites for hydroxylation is 1. The van der Waals surface area contributed by atoms with Gasteiger partial charge in [-0.05, 0) is 48.2 Å². The van der Waals surface area contributed by atoms with Crippen molar-refractivity contribution in [2.45, 2.75) is 33.2 Å². The number of rotatable bonds is 9. The van der Waals surface area contributed by atoms with Crippen molar-refractivity contribution in [1.82, 2.24) is 30.0 Å². The van der Waals surface area contributed by atoms with Gasteiger partial charge in [-0.15, -0.1) is 0 Å². The zero-order valence-corrected chi connectivity index (χ0v) is 20.2. The lowest BCUT2D eigenvalue weighted by Crippen LogP contribution is -2.27. The van der Waals surface area contributed by atoms with Crippen LogP contribution in [0.2, 0.25) is 0 Å². The molecule has 35 heavy (non-hydrogen) atoms. The van der Waals surface area contributed by atoms with Crippen LogP contribution in [0, 0.1) is 6.92 Å². The van der Waals surface area contributed by atoms with Gasteiger partial charge >= 0.3 is 0 Å². The summed E-state index contributed by atoms with van der Waals surface area (Å²) in [5.41, 5.74) is 6.41. The van der Waals surface area contributed by atoms with E-state index >= 15 is 0 Å². The Kier molecular flexibility index (Phi) is 7.11. The van der Waals surface area contributed by atoms with Gasteiger partial charge in [0.1, 0.15) is 11.8 Å². The fourth-order valence-electron chi connectivity index (χ4n) is 4.03. The summed E-state index contributed by atoms with van der Waals surface area (Å²) in [5.74, 6) is 0.0759. The first-order valence-corrected chi connectivity index (χ1v) is 11.3. The molecule has 0 unspecified atom stereocenters. The van der Waals surface area contributed by atoms with Gasteiger partial charge in [-0.25, -0.2) is 15.0 Å². The number of carbonyl (C=O) groups excluding carboxylic acids is 2. The SMILES string of the molecule is CONC(=O)c1cc(Nc2ncnn3cc(C(=O)NCCn4cccc4)c(C(C)C)c23)ccc1C. The predicted octanol–water partition coefficient (Wildman–Crippen LogP) is 3.43. The van der Waals surface area contributed by atoms with Gasteiger partial charge in [0.15, 0.2) is 5.82 Å². The standard InChI is InChI=1S/C25H29N7O3/c1-16(2)21-20(24(33)26-9-12-31-10-5-6-11-31)14-32-22(21)23(27-15-28-32)29-18-8-7-17(3)19(13-18)25(34)30-35-4/h5-8,10-11,13-16H,9,12H2,1-4H3,(H,26,33)(H,30,34)(H,27,28,29). The molecule has 0 radical (unpaired) electrons. The monoisotopic (exact) mass is 475 g/mol. The molecule has 10 nitrogen and oxygen atoms in total. The Labute approximate surface area is 203 Å². The first-order valence-electron chi connectivity index (χ1n) is 11.3. The zero-order valence-electron chi connectivity index (χ0n) is 20.2. The number of hydroxylamine groups is 1. The molecule has 182 valence electrons. The summed E-state index contributed by atoms with van der Waals surface area (Å²) in [5, 5.41) is 10.6. The first-order chi connectivity index (χ1) is 16.9. The van der Waals surface area contributed by atoms with Gasteiger partial charge in [0, 0.05) is 42.9 Å². The Hall–Kier alpha value is -4.18. The van der Waals surface area contributed by atoms with Crippen LogP contribution in [-0.2, 0) is 11.4 Å². The molecular formula is C25H29N7O3. The van der Waals surface area contributed by atoms with E-state index in [0.717, 1.165) is 11.1 Å². The Morgan fingerprint density at radius 1 is 1.11 bits per heavy atom. The molecule has 0 bridgehead atoms. The number of hydrogen-bond donors (Lipinski definition) is 3. The smallest absolute Gasteiger partial charge is 0.275 e. The van der Waals surface area contributed by atoms with Crippen LogP contribution in [-0.4, -0.2) is 44.6 Å². The fraction of sp³-hybridized carbons (Fsp3) is 0.280. The molecule has 0 aliphatic rings. The summed E-state index contributed by atoms with van der Waals surface area (Å²) >= 11 is 0. The van der Waals surface area contributed by atoms with E-state index in [1.807, 2.05) is 62.0 Å². The largest absolute Gasteiger partial charge is 0.353 e. The maximum absolute atomic E-state index is 13.1. The second-order valence-corrected chi connectivity index (χ2v) is 8.48. The lowest BCUT2D eigenvalue weighted by atomic mass is 9.99. The maximum Gasteiger partial charge on any atom is 0.275 e. The Morgan fingerprint density at radius 3 is 2.60 bits per heavy atom. The molecule has 1 aromatic carbocycles. The minimum absolute atomic E-state index is 0.0396. The number of aromatic nitrogens is 4. The van der Waals surface area contributed by atoms with E-state index in [0.29, 0.717) is 41.2 Å². The second kappa shape index (κ2) is 10.4. The number of benzene rings is 1. The average molecular weight is 476 g/mol. The lowest BCUT2D eigenvalue weighted by molar-refractivity contribution is 0.0537. The maximum atomic E-state index is 13.1. The number of carbonyl (C=O) groups is 2. The van der Waals surface area contributed by atoms with Gasteiger partial charge in [-0.1, -0.05) is 19.9 Å². The van der Waals surface area contributed by atoms with E-state index < -0.39 is 0 Å². The first kappa shape index (κ1) is 24.0. The summed E-state index contributed by atoms with van der Waals surface area (Å²) in [6.45, 7) is 7.09.